The van der Waals surface area contributed by atoms with E-state index in [0.29, 0.717) is 23.3 Å². The summed E-state index contributed by atoms with van der Waals surface area (Å²) >= 11 is 0. The van der Waals surface area contributed by atoms with Gasteiger partial charge in [0.2, 0.25) is 0 Å². The number of hydrogen-bond donors (Lipinski definition) is 2. The van der Waals surface area contributed by atoms with Crippen LogP contribution in [0.4, 0.5) is 0 Å². The second-order valence-corrected chi connectivity index (χ2v) is 6.61. The molecule has 0 bridgehead atoms. The Morgan fingerprint density at radius 1 is 1.00 bits per heavy atom. The molecule has 2 aliphatic carbocycles. The molecule has 2 fully saturated rings. The highest BCUT2D eigenvalue weighted by Gasteiger charge is 2.38. The summed E-state index contributed by atoms with van der Waals surface area (Å²) in [5, 5.41) is 20.8. The molecule has 2 heteroatoms. The molecule has 1 aromatic carbocycles. The van der Waals surface area contributed by atoms with Crippen LogP contribution in [-0.2, 0) is 6.42 Å². The van der Waals surface area contributed by atoms with Gasteiger partial charge in [0.1, 0.15) is 11.5 Å². The largest absolute Gasteiger partial charge is 0.508 e. The summed E-state index contributed by atoms with van der Waals surface area (Å²) in [6, 6.07) is 3.63. The van der Waals surface area contributed by atoms with Crippen molar-refractivity contribution in [2.75, 3.05) is 0 Å². The topological polar surface area (TPSA) is 40.5 Å². The number of hydrogen-bond acceptors (Lipinski definition) is 2. The first-order valence-corrected chi connectivity index (χ1v) is 8.26. The predicted octanol–water partition coefficient (Wildman–Crippen LogP) is 4.73. The maximum atomic E-state index is 10.6. The van der Waals surface area contributed by atoms with E-state index in [4.69, 9.17) is 0 Å². The van der Waals surface area contributed by atoms with Gasteiger partial charge in [-0.25, -0.2) is 0 Å². The molecule has 20 heavy (non-hydrogen) atoms. The van der Waals surface area contributed by atoms with Crippen LogP contribution in [0.25, 0.3) is 0 Å². The molecule has 1 aromatic rings. The number of phenols is 2. The molecule has 3 rings (SSSR count). The number of aryl methyl sites for hydroxylation is 1. The van der Waals surface area contributed by atoms with Crippen molar-refractivity contribution in [3.05, 3.63) is 23.3 Å². The van der Waals surface area contributed by atoms with Gasteiger partial charge in [0.05, 0.1) is 0 Å². The maximum Gasteiger partial charge on any atom is 0.125 e. The average molecular weight is 274 g/mol. The zero-order valence-electron chi connectivity index (χ0n) is 12.4. The van der Waals surface area contributed by atoms with Gasteiger partial charge in [0, 0.05) is 5.56 Å². The van der Waals surface area contributed by atoms with E-state index < -0.39 is 0 Å². The number of phenolic OH excluding ortho intramolecular Hbond substituents is 2. The molecule has 0 amide bonds. The van der Waals surface area contributed by atoms with Gasteiger partial charge in [-0.1, -0.05) is 45.1 Å². The minimum atomic E-state index is 0.302. The smallest absolute Gasteiger partial charge is 0.125 e. The molecule has 2 saturated carbocycles. The summed E-state index contributed by atoms with van der Waals surface area (Å²) in [5.41, 5.74) is 1.82. The molecule has 3 unspecified atom stereocenters. The second kappa shape index (κ2) is 5.67. The Kier molecular flexibility index (Phi) is 3.91. The van der Waals surface area contributed by atoms with Crippen LogP contribution in [0.1, 0.15) is 68.9 Å². The van der Waals surface area contributed by atoms with Crippen LogP contribution in [0, 0.1) is 11.8 Å². The molecule has 0 saturated heterocycles. The zero-order valence-corrected chi connectivity index (χ0v) is 12.4. The van der Waals surface area contributed by atoms with Crippen molar-refractivity contribution < 1.29 is 10.2 Å². The molecule has 110 valence electrons. The number of fused-ring (bicyclic) bond motifs is 1. The Hall–Kier alpha value is -1.18. The lowest BCUT2D eigenvalue weighted by molar-refractivity contribution is 0.141. The molecule has 0 heterocycles. The van der Waals surface area contributed by atoms with Crippen LogP contribution < -0.4 is 0 Å². The summed E-state index contributed by atoms with van der Waals surface area (Å²) in [6.45, 7) is 2.06. The van der Waals surface area contributed by atoms with Crippen LogP contribution >= 0.6 is 0 Å². The van der Waals surface area contributed by atoms with Gasteiger partial charge < -0.3 is 10.2 Å². The number of rotatable bonds is 2. The van der Waals surface area contributed by atoms with Crippen LogP contribution in [0.5, 0.6) is 11.5 Å². The van der Waals surface area contributed by atoms with E-state index in [1.807, 2.05) is 6.07 Å². The van der Waals surface area contributed by atoms with Gasteiger partial charge in [-0.15, -0.1) is 0 Å². The van der Waals surface area contributed by atoms with E-state index in [1.54, 1.807) is 6.07 Å². The standard InChI is InChI=1S/C18H26O2/c1-2-12-10-11-16(19)17(18(12)20)15-9-5-7-13-6-3-4-8-14(13)15/h10-11,13-15,19-20H,2-9H2,1H3. The van der Waals surface area contributed by atoms with E-state index >= 15 is 0 Å². The van der Waals surface area contributed by atoms with Gasteiger partial charge in [-0.2, -0.15) is 0 Å². The lowest BCUT2D eigenvalue weighted by atomic mass is 9.63. The van der Waals surface area contributed by atoms with Gasteiger partial charge >= 0.3 is 0 Å². The lowest BCUT2D eigenvalue weighted by Crippen LogP contribution is -2.29. The highest BCUT2D eigenvalue weighted by Crippen LogP contribution is 2.52. The van der Waals surface area contributed by atoms with Crippen molar-refractivity contribution in [2.24, 2.45) is 11.8 Å². The van der Waals surface area contributed by atoms with Crippen molar-refractivity contribution in [1.29, 1.82) is 0 Å². The Balaban J connectivity index is 1.98. The van der Waals surface area contributed by atoms with Crippen LogP contribution in [0.15, 0.2) is 12.1 Å². The quantitative estimate of drug-likeness (QED) is 0.818. The summed E-state index contributed by atoms with van der Waals surface area (Å²) in [6.07, 6.45) is 9.81. The van der Waals surface area contributed by atoms with Crippen molar-refractivity contribution in [3.63, 3.8) is 0 Å². The third kappa shape index (κ3) is 2.30. The molecule has 2 N–H and O–H groups in total. The Bertz CT molecular complexity index is 479. The minimum Gasteiger partial charge on any atom is -0.508 e. The third-order valence-corrected chi connectivity index (χ3v) is 5.60. The van der Waals surface area contributed by atoms with Crippen molar-refractivity contribution in [3.8, 4) is 11.5 Å². The first-order chi connectivity index (χ1) is 9.72. The first kappa shape index (κ1) is 13.8. The van der Waals surface area contributed by atoms with E-state index in [9.17, 15) is 10.2 Å². The van der Waals surface area contributed by atoms with Gasteiger partial charge in [0.15, 0.2) is 0 Å². The third-order valence-electron chi connectivity index (χ3n) is 5.60. The molecule has 3 atom stereocenters. The predicted molar refractivity (Wildman–Crippen MR) is 81.2 cm³/mol. The number of aromatic hydroxyl groups is 2. The van der Waals surface area contributed by atoms with E-state index in [-0.39, 0.29) is 0 Å². The molecule has 0 aromatic heterocycles. The monoisotopic (exact) mass is 274 g/mol. The molecular formula is C18H26O2. The highest BCUT2D eigenvalue weighted by molar-refractivity contribution is 5.51. The SMILES string of the molecule is CCc1ccc(O)c(C2CCCC3CCCCC32)c1O. The fourth-order valence-corrected chi connectivity index (χ4v) is 4.59. The summed E-state index contributed by atoms with van der Waals surface area (Å²) in [5.74, 6) is 2.51. The summed E-state index contributed by atoms with van der Waals surface area (Å²) in [7, 11) is 0. The van der Waals surface area contributed by atoms with Crippen LogP contribution in [-0.4, -0.2) is 10.2 Å². The molecule has 0 spiro atoms. The first-order valence-electron chi connectivity index (χ1n) is 8.26. The van der Waals surface area contributed by atoms with Crippen molar-refractivity contribution >= 4 is 0 Å². The summed E-state index contributed by atoms with van der Waals surface area (Å²) in [4.78, 5) is 0. The van der Waals surface area contributed by atoms with Crippen LogP contribution in [0.3, 0.4) is 0 Å². The molecule has 0 aliphatic heterocycles. The van der Waals surface area contributed by atoms with Gasteiger partial charge in [-0.3, -0.25) is 0 Å². The molecule has 0 radical (unpaired) electrons. The fourth-order valence-electron chi connectivity index (χ4n) is 4.59. The maximum absolute atomic E-state index is 10.6. The van der Waals surface area contributed by atoms with Crippen molar-refractivity contribution in [2.45, 2.75) is 64.2 Å². The number of benzene rings is 1. The van der Waals surface area contributed by atoms with E-state index in [1.165, 1.54) is 38.5 Å². The van der Waals surface area contributed by atoms with Gasteiger partial charge in [-0.05, 0) is 48.6 Å². The molecular weight excluding hydrogens is 248 g/mol. The average Bonchev–Trinajstić information content (AvgIpc) is 2.48. The van der Waals surface area contributed by atoms with E-state index in [2.05, 4.69) is 6.92 Å². The Labute approximate surface area is 121 Å². The zero-order chi connectivity index (χ0) is 14.1. The highest BCUT2D eigenvalue weighted by atomic mass is 16.3. The van der Waals surface area contributed by atoms with E-state index in [0.717, 1.165) is 29.9 Å². The Morgan fingerprint density at radius 3 is 2.55 bits per heavy atom. The molecule has 2 aliphatic rings. The normalized spacial score (nSPS) is 29.9. The van der Waals surface area contributed by atoms with Crippen molar-refractivity contribution in [1.82, 2.24) is 0 Å². The second-order valence-electron chi connectivity index (χ2n) is 6.61. The summed E-state index contributed by atoms with van der Waals surface area (Å²) < 4.78 is 0. The van der Waals surface area contributed by atoms with Gasteiger partial charge in [0.25, 0.3) is 0 Å². The minimum absolute atomic E-state index is 0.302. The molecule has 2 nitrogen and oxygen atoms in total. The van der Waals surface area contributed by atoms with Crippen LogP contribution in [0.2, 0.25) is 0 Å². The fraction of sp³-hybridized carbons (Fsp3) is 0.667. The lowest BCUT2D eigenvalue weighted by Gasteiger charge is -2.42. The Morgan fingerprint density at radius 2 is 1.75 bits per heavy atom.